The van der Waals surface area contributed by atoms with Gasteiger partial charge in [-0.05, 0) is 48.5 Å². The summed E-state index contributed by atoms with van der Waals surface area (Å²) in [4.78, 5) is 26.6. The highest BCUT2D eigenvalue weighted by Crippen LogP contribution is 2.38. The highest BCUT2D eigenvalue weighted by atomic mass is 32.2. The molecule has 1 aliphatic heterocycles. The van der Waals surface area contributed by atoms with E-state index in [1.54, 1.807) is 18.2 Å². The number of carbonyl (C=O) groups is 2. The molecule has 3 rings (SSSR count). The van der Waals surface area contributed by atoms with Crippen LogP contribution in [0.5, 0.6) is 23.0 Å². The predicted octanol–water partition coefficient (Wildman–Crippen LogP) is 4.14. The largest absolute Gasteiger partial charge is 0.496 e. The van der Waals surface area contributed by atoms with Gasteiger partial charge in [-0.2, -0.15) is 0 Å². The second-order valence-electron chi connectivity index (χ2n) is 6.45. The van der Waals surface area contributed by atoms with Crippen LogP contribution in [0.25, 0.3) is 6.08 Å². The molecule has 1 saturated heterocycles. The SMILES string of the molecule is COc1cc(OC)c(OC)cc1/C=C1\SC(=O)N(CCOc2cccc(C)c2)C1=O. The number of aryl methyl sites for hydroxylation is 1. The van der Waals surface area contributed by atoms with Crippen molar-refractivity contribution >= 4 is 29.0 Å². The van der Waals surface area contributed by atoms with E-state index in [0.29, 0.717) is 33.5 Å². The molecule has 0 radical (unpaired) electrons. The van der Waals surface area contributed by atoms with Crippen molar-refractivity contribution in [1.29, 1.82) is 0 Å². The molecule has 30 heavy (non-hydrogen) atoms. The molecule has 0 N–H and O–H groups in total. The van der Waals surface area contributed by atoms with Crippen molar-refractivity contribution < 1.29 is 28.5 Å². The number of carbonyl (C=O) groups excluding carboxylic acids is 2. The van der Waals surface area contributed by atoms with Crippen LogP contribution in [-0.4, -0.2) is 50.5 Å². The first-order valence-electron chi connectivity index (χ1n) is 9.21. The van der Waals surface area contributed by atoms with Crippen LogP contribution in [-0.2, 0) is 4.79 Å². The van der Waals surface area contributed by atoms with Gasteiger partial charge < -0.3 is 18.9 Å². The second kappa shape index (κ2) is 9.58. The Bertz CT molecular complexity index is 988. The topological polar surface area (TPSA) is 74.3 Å². The first kappa shape index (κ1) is 21.6. The van der Waals surface area contributed by atoms with Crippen LogP contribution >= 0.6 is 11.8 Å². The van der Waals surface area contributed by atoms with Crippen LogP contribution in [0.1, 0.15) is 11.1 Å². The highest BCUT2D eigenvalue weighted by molar-refractivity contribution is 8.18. The maximum Gasteiger partial charge on any atom is 0.293 e. The minimum atomic E-state index is -0.366. The Morgan fingerprint density at radius 2 is 1.67 bits per heavy atom. The third-order valence-corrected chi connectivity index (χ3v) is 5.38. The molecule has 0 aliphatic carbocycles. The summed E-state index contributed by atoms with van der Waals surface area (Å²) in [5, 5.41) is -0.335. The van der Waals surface area contributed by atoms with Crippen molar-refractivity contribution in [2.24, 2.45) is 0 Å². The van der Waals surface area contributed by atoms with Gasteiger partial charge in [0, 0.05) is 11.6 Å². The number of amides is 2. The minimum Gasteiger partial charge on any atom is -0.496 e. The molecular weight excluding hydrogens is 406 g/mol. The zero-order valence-electron chi connectivity index (χ0n) is 17.3. The molecule has 1 heterocycles. The molecule has 1 fully saturated rings. The van der Waals surface area contributed by atoms with Gasteiger partial charge in [-0.15, -0.1) is 0 Å². The Balaban J connectivity index is 1.74. The average Bonchev–Trinajstić information content (AvgIpc) is 3.00. The van der Waals surface area contributed by atoms with Gasteiger partial charge in [0.15, 0.2) is 11.5 Å². The lowest BCUT2D eigenvalue weighted by Crippen LogP contribution is -2.32. The van der Waals surface area contributed by atoms with Gasteiger partial charge in [0.05, 0.1) is 32.8 Å². The number of thioether (sulfide) groups is 1. The van der Waals surface area contributed by atoms with Crippen molar-refractivity contribution in [2.45, 2.75) is 6.92 Å². The summed E-state index contributed by atoms with van der Waals surface area (Å²) in [5.41, 5.74) is 1.68. The van der Waals surface area contributed by atoms with Crippen LogP contribution in [0.15, 0.2) is 41.3 Å². The van der Waals surface area contributed by atoms with Gasteiger partial charge in [-0.1, -0.05) is 12.1 Å². The van der Waals surface area contributed by atoms with Gasteiger partial charge in [-0.3, -0.25) is 14.5 Å². The quantitative estimate of drug-likeness (QED) is 0.584. The van der Waals surface area contributed by atoms with E-state index in [4.69, 9.17) is 18.9 Å². The summed E-state index contributed by atoms with van der Waals surface area (Å²) < 4.78 is 21.6. The standard InChI is InChI=1S/C22H23NO6S/c1-14-6-5-7-16(10-14)29-9-8-23-21(24)20(30-22(23)25)12-15-11-18(27-3)19(28-4)13-17(15)26-2/h5-7,10-13H,8-9H2,1-4H3/b20-12-. The Labute approximate surface area is 179 Å². The van der Waals surface area contributed by atoms with Crippen LogP contribution in [0.2, 0.25) is 0 Å². The zero-order valence-corrected chi connectivity index (χ0v) is 18.1. The molecule has 158 valence electrons. The van der Waals surface area contributed by atoms with Crippen molar-refractivity contribution in [3.05, 3.63) is 52.4 Å². The van der Waals surface area contributed by atoms with Gasteiger partial charge in [0.25, 0.3) is 11.1 Å². The molecule has 2 aromatic carbocycles. The maximum atomic E-state index is 12.8. The number of nitrogens with zero attached hydrogens (tertiary/aromatic N) is 1. The third-order valence-electron chi connectivity index (χ3n) is 4.47. The monoisotopic (exact) mass is 429 g/mol. The number of hydrogen-bond acceptors (Lipinski definition) is 7. The first-order valence-corrected chi connectivity index (χ1v) is 10.0. The molecule has 0 unspecified atom stereocenters. The molecule has 0 bridgehead atoms. The van der Waals surface area contributed by atoms with E-state index in [-0.39, 0.29) is 24.3 Å². The molecule has 1 aliphatic rings. The number of ether oxygens (including phenoxy) is 4. The van der Waals surface area contributed by atoms with Crippen LogP contribution in [0.4, 0.5) is 4.79 Å². The Hall–Kier alpha value is -3.13. The molecule has 0 aromatic heterocycles. The Morgan fingerprint density at radius 1 is 0.967 bits per heavy atom. The van der Waals surface area contributed by atoms with E-state index >= 15 is 0 Å². The second-order valence-corrected chi connectivity index (χ2v) is 7.44. The minimum absolute atomic E-state index is 0.166. The van der Waals surface area contributed by atoms with Crippen LogP contribution < -0.4 is 18.9 Å². The highest BCUT2D eigenvalue weighted by Gasteiger charge is 2.35. The predicted molar refractivity (Wildman–Crippen MR) is 115 cm³/mol. The summed E-state index contributed by atoms with van der Waals surface area (Å²) in [5.74, 6) is 1.84. The van der Waals surface area contributed by atoms with E-state index in [1.165, 1.54) is 26.2 Å². The van der Waals surface area contributed by atoms with Crippen molar-refractivity contribution in [2.75, 3.05) is 34.5 Å². The fourth-order valence-electron chi connectivity index (χ4n) is 2.96. The molecule has 8 heteroatoms. The Morgan fingerprint density at radius 3 is 2.33 bits per heavy atom. The van der Waals surface area contributed by atoms with Gasteiger partial charge in [0.1, 0.15) is 18.1 Å². The lowest BCUT2D eigenvalue weighted by molar-refractivity contribution is -0.123. The van der Waals surface area contributed by atoms with Gasteiger partial charge in [0.2, 0.25) is 0 Å². The van der Waals surface area contributed by atoms with E-state index in [2.05, 4.69) is 0 Å². The van der Waals surface area contributed by atoms with Gasteiger partial charge in [-0.25, -0.2) is 0 Å². The van der Waals surface area contributed by atoms with Crippen LogP contribution in [0, 0.1) is 6.92 Å². The fourth-order valence-corrected chi connectivity index (χ4v) is 3.82. The number of methoxy groups -OCH3 is 3. The van der Waals surface area contributed by atoms with E-state index < -0.39 is 0 Å². The van der Waals surface area contributed by atoms with Gasteiger partial charge >= 0.3 is 0 Å². The fraction of sp³-hybridized carbons (Fsp3) is 0.273. The summed E-state index contributed by atoms with van der Waals surface area (Å²) in [6.45, 7) is 2.35. The van der Waals surface area contributed by atoms with E-state index in [0.717, 1.165) is 17.3 Å². The number of hydrogen-bond donors (Lipinski definition) is 0. The number of rotatable bonds is 8. The molecule has 2 aromatic rings. The molecule has 7 nitrogen and oxygen atoms in total. The lowest BCUT2D eigenvalue weighted by atomic mass is 10.1. The average molecular weight is 429 g/mol. The number of imide groups is 1. The molecular formula is C22H23NO6S. The molecule has 0 saturated carbocycles. The molecule has 0 spiro atoms. The summed E-state index contributed by atoms with van der Waals surface area (Å²) in [6, 6.07) is 11.0. The van der Waals surface area contributed by atoms with Crippen LogP contribution in [0.3, 0.4) is 0 Å². The summed E-state index contributed by atoms with van der Waals surface area (Å²) in [6.07, 6.45) is 1.62. The normalized spacial score (nSPS) is 14.9. The van der Waals surface area contributed by atoms with Crippen molar-refractivity contribution in [1.82, 2.24) is 4.90 Å². The summed E-state index contributed by atoms with van der Waals surface area (Å²) in [7, 11) is 4.57. The van der Waals surface area contributed by atoms with E-state index in [9.17, 15) is 9.59 Å². The number of benzene rings is 2. The third kappa shape index (κ3) is 4.71. The van der Waals surface area contributed by atoms with E-state index in [1.807, 2.05) is 31.2 Å². The molecule has 0 atom stereocenters. The lowest BCUT2D eigenvalue weighted by Gasteiger charge is -2.14. The Kier molecular flexibility index (Phi) is 6.89. The molecule has 2 amide bonds. The maximum absolute atomic E-state index is 12.8. The zero-order chi connectivity index (χ0) is 21.7. The first-order chi connectivity index (χ1) is 14.5. The smallest absolute Gasteiger partial charge is 0.293 e. The van der Waals surface area contributed by atoms with Crippen molar-refractivity contribution in [3.8, 4) is 23.0 Å². The summed E-state index contributed by atoms with van der Waals surface area (Å²) >= 11 is 0.883. The van der Waals surface area contributed by atoms with Crippen molar-refractivity contribution in [3.63, 3.8) is 0 Å².